The Hall–Kier alpha value is -1.61. The second-order valence-electron chi connectivity index (χ2n) is 13.2. The fourth-order valence-electron chi connectivity index (χ4n) is 5.60. The quantitative estimate of drug-likeness (QED) is 0.0296. The molecule has 288 valence electrons. The molecule has 6 atom stereocenters. The van der Waals surface area contributed by atoms with Crippen molar-refractivity contribution < 1.29 is 56.8 Å². The maximum atomic E-state index is 12.7. The van der Waals surface area contributed by atoms with Crippen LogP contribution in [0.15, 0.2) is 12.2 Å². The van der Waals surface area contributed by atoms with E-state index in [1.165, 1.54) is 51.4 Å². The van der Waals surface area contributed by atoms with Crippen molar-refractivity contribution in [1.29, 1.82) is 0 Å². The van der Waals surface area contributed by atoms with E-state index in [-0.39, 0.29) is 19.4 Å². The van der Waals surface area contributed by atoms with Gasteiger partial charge in [0, 0.05) is 12.8 Å². The Morgan fingerprint density at radius 3 is 1.76 bits per heavy atom. The van der Waals surface area contributed by atoms with Gasteiger partial charge < -0.3 is 34.3 Å². The van der Waals surface area contributed by atoms with Gasteiger partial charge in [-0.2, -0.15) is 8.42 Å². The standard InChI is InChI=1S/C36H66O12S/c1-3-5-7-9-11-13-15-17-19-21-23-25-32(38)47-29(26-45-31(37)24-22-20-18-16-14-12-10-8-6-4-2)27-46-36-35(41)34(40)33(39)30(48-36)28-49(42,43)44/h9,11,29-30,33-36,39-41H,3-8,10,12-28H2,1-2H3,(H,42,43,44)/b11-9+/t29-,30-,33-,34?,35?,36+/m1/s1. The Morgan fingerprint density at radius 1 is 0.673 bits per heavy atom. The summed E-state index contributed by atoms with van der Waals surface area (Å²) in [5.41, 5.74) is 0. The highest BCUT2D eigenvalue weighted by molar-refractivity contribution is 7.85. The molecule has 0 spiro atoms. The van der Waals surface area contributed by atoms with Crippen LogP contribution in [0.2, 0.25) is 0 Å². The zero-order valence-corrected chi connectivity index (χ0v) is 30.9. The fourth-order valence-corrected chi connectivity index (χ4v) is 6.29. The average molecular weight is 723 g/mol. The van der Waals surface area contributed by atoms with Crippen molar-refractivity contribution in [2.45, 2.75) is 185 Å². The molecule has 0 aromatic heterocycles. The molecule has 2 unspecified atom stereocenters. The number of rotatable bonds is 30. The van der Waals surface area contributed by atoms with Crippen molar-refractivity contribution in [2.75, 3.05) is 19.0 Å². The molecule has 1 aliphatic heterocycles. The number of esters is 2. The molecule has 0 aromatic rings. The van der Waals surface area contributed by atoms with E-state index in [4.69, 9.17) is 18.9 Å². The SMILES string of the molecule is CCCC/C=C/CCCCCCCC(=O)O[C@H](COC(=O)CCCCCCCCCCCC)CO[C@H]1O[C@H](CS(=O)(=O)O)[C@@H](O)C(O)C1O. The van der Waals surface area contributed by atoms with E-state index in [9.17, 15) is 37.9 Å². The molecule has 0 radical (unpaired) electrons. The van der Waals surface area contributed by atoms with E-state index in [0.29, 0.717) is 12.8 Å². The second-order valence-corrected chi connectivity index (χ2v) is 14.7. The molecule has 1 fully saturated rings. The minimum absolute atomic E-state index is 0.157. The van der Waals surface area contributed by atoms with Crippen LogP contribution in [0, 0.1) is 0 Å². The molecule has 0 aliphatic carbocycles. The van der Waals surface area contributed by atoms with Crippen molar-refractivity contribution in [3.63, 3.8) is 0 Å². The highest BCUT2D eigenvalue weighted by Crippen LogP contribution is 2.24. The molecule has 1 saturated heterocycles. The van der Waals surface area contributed by atoms with Gasteiger partial charge in [0.1, 0.15) is 36.8 Å². The molecule has 0 amide bonds. The second kappa shape index (κ2) is 28.0. The fraction of sp³-hybridized carbons (Fsp3) is 0.889. The van der Waals surface area contributed by atoms with Gasteiger partial charge >= 0.3 is 11.9 Å². The lowest BCUT2D eigenvalue weighted by molar-refractivity contribution is -0.297. The summed E-state index contributed by atoms with van der Waals surface area (Å²) < 4.78 is 53.7. The van der Waals surface area contributed by atoms with Crippen molar-refractivity contribution in [3.05, 3.63) is 12.2 Å². The normalized spacial score (nSPS) is 22.0. The summed E-state index contributed by atoms with van der Waals surface area (Å²) in [6, 6.07) is 0. The zero-order valence-electron chi connectivity index (χ0n) is 30.1. The van der Waals surface area contributed by atoms with E-state index in [1.54, 1.807) is 0 Å². The number of aliphatic hydroxyl groups is 3. The molecular formula is C36H66O12S. The molecule has 0 bridgehead atoms. The Bertz CT molecular complexity index is 989. The molecule has 12 nitrogen and oxygen atoms in total. The lowest BCUT2D eigenvalue weighted by Gasteiger charge is -2.40. The number of ether oxygens (including phenoxy) is 4. The van der Waals surface area contributed by atoms with Gasteiger partial charge in [-0.15, -0.1) is 0 Å². The first-order chi connectivity index (χ1) is 23.5. The van der Waals surface area contributed by atoms with Crippen LogP contribution in [0.1, 0.15) is 149 Å². The first-order valence-electron chi connectivity index (χ1n) is 18.7. The molecule has 49 heavy (non-hydrogen) atoms. The number of allylic oxidation sites excluding steroid dienone is 2. The van der Waals surface area contributed by atoms with E-state index in [0.717, 1.165) is 57.8 Å². The van der Waals surface area contributed by atoms with Gasteiger partial charge in [-0.3, -0.25) is 14.1 Å². The van der Waals surface area contributed by atoms with Crippen molar-refractivity contribution in [3.8, 4) is 0 Å². The van der Waals surface area contributed by atoms with Crippen LogP contribution in [0.4, 0.5) is 0 Å². The molecule has 1 heterocycles. The molecule has 4 N–H and O–H groups in total. The van der Waals surface area contributed by atoms with E-state index < -0.39 is 71.2 Å². The predicted molar refractivity (Wildman–Crippen MR) is 187 cm³/mol. The van der Waals surface area contributed by atoms with Crippen LogP contribution in [-0.2, 0) is 38.7 Å². The largest absolute Gasteiger partial charge is 0.462 e. The summed E-state index contributed by atoms with van der Waals surface area (Å²) in [5, 5.41) is 30.7. The number of carbonyl (C=O) groups excluding carboxylic acids is 2. The van der Waals surface area contributed by atoms with Crippen LogP contribution >= 0.6 is 0 Å². The highest BCUT2D eigenvalue weighted by atomic mass is 32.2. The van der Waals surface area contributed by atoms with Gasteiger partial charge in [0.2, 0.25) is 0 Å². The van der Waals surface area contributed by atoms with Gasteiger partial charge in [-0.25, -0.2) is 0 Å². The van der Waals surface area contributed by atoms with Gasteiger partial charge in [0.05, 0.1) is 6.61 Å². The summed E-state index contributed by atoms with van der Waals surface area (Å²) in [4.78, 5) is 25.1. The first kappa shape index (κ1) is 45.4. The highest BCUT2D eigenvalue weighted by Gasteiger charge is 2.46. The number of aliphatic hydroxyl groups excluding tert-OH is 3. The first-order valence-corrected chi connectivity index (χ1v) is 20.4. The third-order valence-corrected chi connectivity index (χ3v) is 9.35. The minimum Gasteiger partial charge on any atom is -0.462 e. The number of hydrogen-bond donors (Lipinski definition) is 4. The van der Waals surface area contributed by atoms with Crippen LogP contribution in [0.25, 0.3) is 0 Å². The van der Waals surface area contributed by atoms with E-state index in [1.807, 2.05) is 0 Å². The summed E-state index contributed by atoms with van der Waals surface area (Å²) in [7, 11) is -4.59. The molecular weight excluding hydrogens is 656 g/mol. The molecule has 1 aliphatic rings. The van der Waals surface area contributed by atoms with Crippen LogP contribution in [0.3, 0.4) is 0 Å². The molecule has 13 heteroatoms. The summed E-state index contributed by atoms with van der Waals surface area (Å²) in [6.07, 6.45) is 15.7. The van der Waals surface area contributed by atoms with E-state index >= 15 is 0 Å². The molecule has 0 aromatic carbocycles. The van der Waals surface area contributed by atoms with Gasteiger partial charge in [0.25, 0.3) is 10.1 Å². The predicted octanol–water partition coefficient (Wildman–Crippen LogP) is 5.94. The third-order valence-electron chi connectivity index (χ3n) is 8.60. The minimum atomic E-state index is -4.59. The smallest absolute Gasteiger partial charge is 0.306 e. The summed E-state index contributed by atoms with van der Waals surface area (Å²) in [6.45, 7) is 3.66. The van der Waals surface area contributed by atoms with Gasteiger partial charge in [-0.05, 0) is 32.1 Å². The Labute approximate surface area is 295 Å². The van der Waals surface area contributed by atoms with Crippen LogP contribution in [-0.4, -0.2) is 96.0 Å². The lowest BCUT2D eigenvalue weighted by atomic mass is 10.00. The lowest BCUT2D eigenvalue weighted by Crippen LogP contribution is -2.60. The van der Waals surface area contributed by atoms with Crippen molar-refractivity contribution in [1.82, 2.24) is 0 Å². The van der Waals surface area contributed by atoms with Crippen LogP contribution in [0.5, 0.6) is 0 Å². The Balaban J connectivity index is 2.56. The monoisotopic (exact) mass is 722 g/mol. The summed E-state index contributed by atoms with van der Waals surface area (Å²) >= 11 is 0. The maximum absolute atomic E-state index is 12.7. The Kier molecular flexibility index (Phi) is 26.0. The van der Waals surface area contributed by atoms with E-state index in [2.05, 4.69) is 26.0 Å². The third kappa shape index (κ3) is 23.5. The van der Waals surface area contributed by atoms with Gasteiger partial charge in [0.15, 0.2) is 12.4 Å². The van der Waals surface area contributed by atoms with Crippen molar-refractivity contribution >= 4 is 22.1 Å². The topological polar surface area (TPSA) is 186 Å². The number of hydrogen-bond acceptors (Lipinski definition) is 11. The summed E-state index contributed by atoms with van der Waals surface area (Å²) in [5.74, 6) is -1.99. The molecule has 1 rings (SSSR count). The molecule has 0 saturated carbocycles. The maximum Gasteiger partial charge on any atom is 0.306 e. The zero-order chi connectivity index (χ0) is 36.3. The van der Waals surface area contributed by atoms with Crippen molar-refractivity contribution in [2.24, 2.45) is 0 Å². The average Bonchev–Trinajstić information content (AvgIpc) is 3.05. The Morgan fingerprint density at radius 2 is 1.18 bits per heavy atom. The van der Waals surface area contributed by atoms with Crippen LogP contribution < -0.4 is 0 Å². The number of unbranched alkanes of at least 4 members (excludes halogenated alkanes) is 16. The number of carbonyl (C=O) groups is 2. The van der Waals surface area contributed by atoms with Gasteiger partial charge in [-0.1, -0.05) is 116 Å².